The molecule has 0 bridgehead atoms. The second kappa shape index (κ2) is 8.73. The van der Waals surface area contributed by atoms with Gasteiger partial charge in [-0.2, -0.15) is 0 Å². The zero-order chi connectivity index (χ0) is 22.2. The van der Waals surface area contributed by atoms with Gasteiger partial charge in [-0.15, -0.1) is 0 Å². The van der Waals surface area contributed by atoms with Gasteiger partial charge in [0.05, 0.1) is 0 Å². The molecular weight excluding hydrogens is 421 g/mol. The Balaban J connectivity index is 1.50. The Morgan fingerprint density at radius 3 is 2.81 bits per heavy atom. The van der Waals surface area contributed by atoms with E-state index in [2.05, 4.69) is 34.7 Å². The summed E-state index contributed by atoms with van der Waals surface area (Å²) in [6.07, 6.45) is 1.82. The van der Waals surface area contributed by atoms with Crippen LogP contribution >= 0.6 is 11.8 Å². The summed E-state index contributed by atoms with van der Waals surface area (Å²) in [6.45, 7) is 4.70. The van der Waals surface area contributed by atoms with Crippen molar-refractivity contribution in [3.8, 4) is 0 Å². The number of carbonyl (C=O) groups is 1. The Hall–Kier alpha value is -2.62. The molecule has 1 aromatic heterocycles. The quantitative estimate of drug-likeness (QED) is 0.697. The molecule has 1 amide bonds. The minimum atomic E-state index is -0.0947. The van der Waals surface area contributed by atoms with Gasteiger partial charge in [-0.25, -0.2) is 0 Å². The van der Waals surface area contributed by atoms with Gasteiger partial charge >= 0.3 is 193 Å². The molecular formula is C23H26BN5O2S. The van der Waals surface area contributed by atoms with Crippen molar-refractivity contribution in [2.45, 2.75) is 4.90 Å². The van der Waals surface area contributed by atoms with Gasteiger partial charge in [0.15, 0.2) is 0 Å². The summed E-state index contributed by atoms with van der Waals surface area (Å²) in [5.41, 5.74) is 4.27. The predicted molar refractivity (Wildman–Crippen MR) is 132 cm³/mol. The van der Waals surface area contributed by atoms with Crippen LogP contribution in [0.5, 0.6) is 0 Å². The van der Waals surface area contributed by atoms with Crippen LogP contribution in [0.15, 0.2) is 52.0 Å². The first-order chi connectivity index (χ1) is 15.6. The maximum absolute atomic E-state index is 13.5. The molecule has 2 aromatic rings. The number of amides is 1. The van der Waals surface area contributed by atoms with E-state index in [1.54, 1.807) is 11.8 Å². The topological polar surface area (TPSA) is 60.9 Å². The molecule has 0 aliphatic carbocycles. The number of nitrogens with one attached hydrogen (secondary N) is 1. The number of carbonyl (C=O) groups excluding carboxylic acids is 1. The molecule has 0 radical (unpaired) electrons. The fourth-order valence-electron chi connectivity index (χ4n) is 4.36. The number of hydrogen-bond donors (Lipinski definition) is 1. The predicted octanol–water partition coefficient (Wildman–Crippen LogP) is 1.49. The number of hydrogen-bond acceptors (Lipinski definition) is 7. The molecule has 4 heterocycles. The average Bonchev–Trinajstić information content (AvgIpc) is 3.18. The van der Waals surface area contributed by atoms with Gasteiger partial charge in [0.2, 0.25) is 0 Å². The molecule has 1 saturated heterocycles. The zero-order valence-corrected chi connectivity index (χ0v) is 19.2. The van der Waals surface area contributed by atoms with E-state index in [-0.39, 0.29) is 5.91 Å². The summed E-state index contributed by atoms with van der Waals surface area (Å²) in [5.74, 6) is 0.723. The molecule has 0 unspecified atom stereocenters. The number of morpholine rings is 1. The molecule has 0 atom stereocenters. The van der Waals surface area contributed by atoms with E-state index >= 15 is 0 Å². The van der Waals surface area contributed by atoms with Crippen molar-refractivity contribution >= 4 is 47.8 Å². The van der Waals surface area contributed by atoms with Crippen LogP contribution in [-0.2, 0) is 9.53 Å². The van der Waals surface area contributed by atoms with E-state index in [9.17, 15) is 4.79 Å². The van der Waals surface area contributed by atoms with Crippen LogP contribution in [0.25, 0.3) is 0 Å². The van der Waals surface area contributed by atoms with Crippen molar-refractivity contribution in [1.82, 2.24) is 15.2 Å². The van der Waals surface area contributed by atoms with Crippen molar-refractivity contribution in [3.63, 3.8) is 0 Å². The molecule has 3 aliphatic rings. The average molecular weight is 447 g/mol. The van der Waals surface area contributed by atoms with Crippen molar-refractivity contribution in [3.05, 3.63) is 52.7 Å². The standard InChI is InChI=1S/C23H26BN5O2S/c1-27(2)16-7-8-25-21-18(16)20(24)19(22(30)26-9-10-28-11-13-31-14-12-28)23-29(21)15-5-3-4-6-17(15)32-23/h3-8,24H,9-14H2,1-2H3,(H,26,30). The number of anilines is 3. The van der Waals surface area contributed by atoms with Gasteiger partial charge in [-0.1, -0.05) is 0 Å². The van der Waals surface area contributed by atoms with Crippen LogP contribution in [0, 0.1) is 0 Å². The summed E-state index contributed by atoms with van der Waals surface area (Å²) in [4.78, 5) is 25.8. The Kier molecular flexibility index (Phi) is 5.79. The summed E-state index contributed by atoms with van der Waals surface area (Å²) in [7, 11) is 8.36. The number of nitrogens with zero attached hydrogens (tertiary/aromatic N) is 4. The van der Waals surface area contributed by atoms with Gasteiger partial charge < -0.3 is 0 Å². The van der Waals surface area contributed by atoms with Crippen LogP contribution in [-0.4, -0.2) is 82.2 Å². The van der Waals surface area contributed by atoms with E-state index in [0.717, 1.165) is 65.5 Å². The van der Waals surface area contributed by atoms with Crippen molar-refractivity contribution in [2.75, 3.05) is 63.3 Å². The number of para-hydroxylation sites is 1. The maximum atomic E-state index is 13.5. The Bertz CT molecular complexity index is 1110. The molecule has 7 nitrogen and oxygen atoms in total. The normalized spacial score (nSPS) is 17.7. The first-order valence-electron chi connectivity index (χ1n) is 10.8. The number of thioether (sulfide) groups is 1. The summed E-state index contributed by atoms with van der Waals surface area (Å²) in [5, 5.41) is 4.01. The van der Waals surface area contributed by atoms with Gasteiger partial charge in [0, 0.05) is 0 Å². The summed E-state index contributed by atoms with van der Waals surface area (Å²) < 4.78 is 5.41. The second-order valence-corrected chi connectivity index (χ2v) is 9.23. The minimum absolute atomic E-state index is 0.0947. The van der Waals surface area contributed by atoms with Gasteiger partial charge in [0.25, 0.3) is 0 Å². The van der Waals surface area contributed by atoms with Crippen LogP contribution < -0.4 is 15.1 Å². The number of pyridine rings is 1. The number of rotatable bonds is 5. The number of benzene rings is 1. The molecule has 1 fully saturated rings. The SMILES string of the molecule is B=C1C(C(=O)NCCN2CCOCC2)=C2Sc3ccccc3N2c2nccc(N(C)C)c21. The van der Waals surface area contributed by atoms with Gasteiger partial charge in [-0.05, 0) is 0 Å². The van der Waals surface area contributed by atoms with E-state index in [4.69, 9.17) is 9.72 Å². The first-order valence-corrected chi connectivity index (χ1v) is 11.6. The van der Waals surface area contributed by atoms with Crippen LogP contribution in [0.3, 0.4) is 0 Å². The van der Waals surface area contributed by atoms with E-state index < -0.39 is 0 Å². The first kappa shape index (κ1) is 21.2. The second-order valence-electron chi connectivity index (χ2n) is 8.20. The molecule has 3 aliphatic heterocycles. The summed E-state index contributed by atoms with van der Waals surface area (Å²) >= 11 is 1.60. The molecule has 164 valence electrons. The van der Waals surface area contributed by atoms with Crippen molar-refractivity contribution < 1.29 is 9.53 Å². The number of aromatic nitrogens is 1. The van der Waals surface area contributed by atoms with Crippen LogP contribution in [0.4, 0.5) is 17.2 Å². The van der Waals surface area contributed by atoms with Crippen LogP contribution in [0.1, 0.15) is 5.56 Å². The molecule has 32 heavy (non-hydrogen) atoms. The molecule has 0 spiro atoms. The van der Waals surface area contributed by atoms with E-state index in [0.29, 0.717) is 17.6 Å². The zero-order valence-electron chi connectivity index (χ0n) is 18.4. The molecule has 0 saturated carbocycles. The summed E-state index contributed by atoms with van der Waals surface area (Å²) in [6, 6.07) is 10.2. The van der Waals surface area contributed by atoms with Crippen molar-refractivity contribution in [1.29, 1.82) is 0 Å². The van der Waals surface area contributed by atoms with Gasteiger partial charge in [0.1, 0.15) is 0 Å². The molecule has 9 heteroatoms. The monoisotopic (exact) mass is 447 g/mol. The third kappa shape index (κ3) is 3.64. The third-order valence-electron chi connectivity index (χ3n) is 5.98. The number of fused-ring (bicyclic) bond motifs is 5. The molecule has 5 rings (SSSR count). The third-order valence-corrected chi connectivity index (χ3v) is 7.13. The Morgan fingerprint density at radius 2 is 2.03 bits per heavy atom. The Labute approximate surface area is 193 Å². The molecule has 1 N–H and O–H groups in total. The Morgan fingerprint density at radius 1 is 1.25 bits per heavy atom. The fraction of sp³-hybridized carbons (Fsp3) is 0.348. The van der Waals surface area contributed by atoms with Crippen molar-refractivity contribution in [2.24, 2.45) is 0 Å². The van der Waals surface area contributed by atoms with E-state index in [1.165, 1.54) is 0 Å². The van der Waals surface area contributed by atoms with Crippen LogP contribution in [0.2, 0.25) is 0 Å². The fourth-order valence-corrected chi connectivity index (χ4v) is 5.58. The van der Waals surface area contributed by atoms with E-state index in [1.807, 2.05) is 43.4 Å². The van der Waals surface area contributed by atoms with Gasteiger partial charge in [-0.3, -0.25) is 0 Å². The number of ether oxygens (including phenoxy) is 1. The molecule has 1 aromatic carbocycles.